The molecule has 7 heteroatoms. The van der Waals surface area contributed by atoms with E-state index >= 15 is 0 Å². The van der Waals surface area contributed by atoms with Gasteiger partial charge in [-0.15, -0.1) is 11.8 Å². The first-order valence-electron chi connectivity index (χ1n) is 5.08. The quantitative estimate of drug-likeness (QED) is 0.562. The second-order valence-electron chi connectivity index (χ2n) is 3.22. The Morgan fingerprint density at radius 2 is 2.31 bits per heavy atom. The normalized spacial score (nSPS) is 18.4. The number of hydrogen-bond donors (Lipinski definition) is 1. The van der Waals surface area contributed by atoms with Crippen LogP contribution >= 0.6 is 11.8 Å². The van der Waals surface area contributed by atoms with E-state index in [0.717, 1.165) is 25.8 Å². The van der Waals surface area contributed by atoms with Gasteiger partial charge in [0, 0.05) is 13.0 Å². The van der Waals surface area contributed by atoms with E-state index in [-0.39, 0.29) is 6.29 Å². The molecular weight excluding hydrogens is 232 g/mol. The molecule has 1 aliphatic heterocycles. The molecule has 1 aliphatic rings. The van der Waals surface area contributed by atoms with E-state index in [2.05, 4.69) is 5.32 Å². The molecule has 0 bridgehead atoms. The van der Waals surface area contributed by atoms with Crippen LogP contribution in [0, 0.1) is 10.1 Å². The van der Waals surface area contributed by atoms with Gasteiger partial charge in [-0.25, -0.2) is 0 Å². The summed E-state index contributed by atoms with van der Waals surface area (Å²) in [5.74, 6) is 0. The summed E-state index contributed by atoms with van der Waals surface area (Å²) in [6.07, 6.45) is 4.19. The van der Waals surface area contributed by atoms with Crippen LogP contribution < -0.4 is 5.32 Å². The molecule has 0 aliphatic carbocycles. The molecule has 16 heavy (non-hydrogen) atoms. The monoisotopic (exact) mass is 248 g/mol. The maximum atomic E-state index is 10.3. The van der Waals surface area contributed by atoms with Crippen LogP contribution in [0.25, 0.3) is 0 Å². The van der Waals surface area contributed by atoms with Crippen molar-refractivity contribution < 1.29 is 14.4 Å². The lowest BCUT2D eigenvalue weighted by atomic mass is 10.3. The van der Waals surface area contributed by atoms with Gasteiger partial charge in [0.1, 0.15) is 5.03 Å². The minimum atomic E-state index is -0.466. The van der Waals surface area contributed by atoms with E-state index in [1.807, 2.05) is 0 Å². The number of nitrogens with zero attached hydrogens (tertiary/aromatic N) is 1. The van der Waals surface area contributed by atoms with E-state index in [1.165, 1.54) is 11.8 Å². The molecule has 0 unspecified atom stereocenters. The summed E-state index contributed by atoms with van der Waals surface area (Å²) in [4.78, 5) is 9.79. The summed E-state index contributed by atoms with van der Waals surface area (Å²) in [5.41, 5.74) is 0. The molecule has 1 N–H and O–H groups in total. The molecule has 6 nitrogen and oxygen atoms in total. The molecule has 0 saturated carbocycles. The van der Waals surface area contributed by atoms with Crippen molar-refractivity contribution in [2.24, 2.45) is 0 Å². The summed E-state index contributed by atoms with van der Waals surface area (Å²) in [6, 6.07) is 0. The molecule has 0 amide bonds. The number of nitro groups is 1. The lowest BCUT2D eigenvalue weighted by molar-refractivity contribution is -0.403. The average molecular weight is 248 g/mol. The highest BCUT2D eigenvalue weighted by Crippen LogP contribution is 2.10. The Kier molecular flexibility index (Phi) is 6.20. The molecule has 1 rings (SSSR count). The van der Waals surface area contributed by atoms with Gasteiger partial charge in [-0.05, 0) is 12.7 Å². The topological polar surface area (TPSA) is 73.6 Å². The second-order valence-corrected chi connectivity index (χ2v) is 4.07. The van der Waals surface area contributed by atoms with Crippen LogP contribution in [-0.2, 0) is 9.47 Å². The smallest absolute Gasteiger partial charge is 0.263 e. The first kappa shape index (κ1) is 13.3. The Hall–Kier alpha value is -0.790. The van der Waals surface area contributed by atoms with Gasteiger partial charge < -0.3 is 14.8 Å². The van der Waals surface area contributed by atoms with Crippen LogP contribution in [0.2, 0.25) is 0 Å². The molecule has 0 atom stereocenters. The summed E-state index contributed by atoms with van der Waals surface area (Å²) >= 11 is 1.31. The maximum absolute atomic E-state index is 10.3. The van der Waals surface area contributed by atoms with E-state index in [1.54, 1.807) is 6.26 Å². The molecule has 92 valence electrons. The first-order chi connectivity index (χ1) is 7.72. The van der Waals surface area contributed by atoms with E-state index in [9.17, 15) is 10.1 Å². The van der Waals surface area contributed by atoms with Gasteiger partial charge in [0.15, 0.2) is 6.29 Å². The van der Waals surface area contributed by atoms with E-state index in [4.69, 9.17) is 9.47 Å². The van der Waals surface area contributed by atoms with Crippen molar-refractivity contribution in [2.75, 3.05) is 26.0 Å². The molecule has 1 fully saturated rings. The van der Waals surface area contributed by atoms with Gasteiger partial charge in [0.2, 0.25) is 0 Å². The van der Waals surface area contributed by atoms with E-state index < -0.39 is 4.92 Å². The largest absolute Gasteiger partial charge is 0.375 e. The van der Waals surface area contributed by atoms with Crippen molar-refractivity contribution in [3.63, 3.8) is 0 Å². The average Bonchev–Trinajstić information content (AvgIpc) is 2.28. The molecule has 0 radical (unpaired) electrons. The molecular formula is C9H16N2O4S. The van der Waals surface area contributed by atoms with Crippen LogP contribution in [0.3, 0.4) is 0 Å². The van der Waals surface area contributed by atoms with Gasteiger partial charge >= 0.3 is 0 Å². The van der Waals surface area contributed by atoms with Crippen LogP contribution in [0.1, 0.15) is 12.8 Å². The number of nitrogens with one attached hydrogen (secondary N) is 1. The minimum absolute atomic E-state index is 0.181. The Bertz CT molecular complexity index is 254. The molecule has 0 spiro atoms. The highest BCUT2D eigenvalue weighted by atomic mass is 32.2. The van der Waals surface area contributed by atoms with Crippen molar-refractivity contribution >= 4 is 11.8 Å². The third-order valence-electron chi connectivity index (χ3n) is 2.02. The zero-order valence-corrected chi connectivity index (χ0v) is 10.00. The molecule has 0 aromatic carbocycles. The van der Waals surface area contributed by atoms with Gasteiger partial charge in [0.05, 0.1) is 18.1 Å². The summed E-state index contributed by atoms with van der Waals surface area (Å²) < 4.78 is 10.7. The Labute approximate surface area is 98.5 Å². The Morgan fingerprint density at radius 3 is 2.88 bits per heavy atom. The van der Waals surface area contributed by atoms with Gasteiger partial charge in [-0.1, -0.05) is 0 Å². The Balaban J connectivity index is 2.19. The summed E-state index contributed by atoms with van der Waals surface area (Å²) in [5, 5.41) is 13.8. The van der Waals surface area contributed by atoms with Gasteiger partial charge in [-0.2, -0.15) is 0 Å². The lowest BCUT2D eigenvalue weighted by Gasteiger charge is -2.23. The lowest BCUT2D eigenvalue weighted by Crippen LogP contribution is -2.28. The number of ether oxygens (including phenoxy) is 2. The highest BCUT2D eigenvalue weighted by Gasteiger charge is 2.13. The van der Waals surface area contributed by atoms with Gasteiger partial charge in [0.25, 0.3) is 6.20 Å². The first-order valence-corrected chi connectivity index (χ1v) is 6.31. The number of thioether (sulfide) groups is 1. The predicted octanol–water partition coefficient (Wildman–Crippen LogP) is 1.17. The van der Waals surface area contributed by atoms with E-state index in [0.29, 0.717) is 18.0 Å². The fourth-order valence-corrected chi connectivity index (χ4v) is 1.72. The molecule has 1 heterocycles. The van der Waals surface area contributed by atoms with Crippen LogP contribution in [-0.4, -0.2) is 37.2 Å². The molecule has 0 aromatic rings. The number of hydrogen-bond acceptors (Lipinski definition) is 6. The number of rotatable bonds is 6. The highest BCUT2D eigenvalue weighted by molar-refractivity contribution is 8.02. The fraction of sp³-hybridized carbons (Fsp3) is 0.778. The van der Waals surface area contributed by atoms with Crippen LogP contribution in [0.4, 0.5) is 0 Å². The van der Waals surface area contributed by atoms with Crippen molar-refractivity contribution in [1.29, 1.82) is 0 Å². The SMILES string of the molecule is CS/C(=C\[N+](=O)[O-])NCCC1OCCCO1. The minimum Gasteiger partial charge on any atom is -0.375 e. The van der Waals surface area contributed by atoms with Crippen molar-refractivity contribution in [1.82, 2.24) is 5.32 Å². The summed E-state index contributed by atoms with van der Waals surface area (Å²) in [7, 11) is 0. The van der Waals surface area contributed by atoms with Crippen molar-refractivity contribution in [3.8, 4) is 0 Å². The second kappa shape index (κ2) is 7.48. The summed E-state index contributed by atoms with van der Waals surface area (Å²) in [6.45, 7) is 2.06. The van der Waals surface area contributed by atoms with Gasteiger partial charge in [-0.3, -0.25) is 10.1 Å². The molecule has 1 saturated heterocycles. The zero-order valence-electron chi connectivity index (χ0n) is 9.18. The fourth-order valence-electron chi connectivity index (χ4n) is 1.28. The third kappa shape index (κ3) is 5.34. The van der Waals surface area contributed by atoms with Crippen molar-refractivity contribution in [3.05, 3.63) is 21.3 Å². The maximum Gasteiger partial charge on any atom is 0.263 e. The third-order valence-corrected chi connectivity index (χ3v) is 2.71. The standard InChI is InChI=1S/C9H16N2O4S/c1-16-8(7-11(12)13)10-4-3-9-14-5-2-6-15-9/h7,9-10H,2-6H2,1H3/b8-7-. The van der Waals surface area contributed by atoms with Crippen LogP contribution in [0.15, 0.2) is 11.2 Å². The Morgan fingerprint density at radius 1 is 1.62 bits per heavy atom. The van der Waals surface area contributed by atoms with Crippen molar-refractivity contribution in [2.45, 2.75) is 19.1 Å². The zero-order chi connectivity index (χ0) is 11.8. The molecule has 0 aromatic heterocycles. The predicted molar refractivity (Wildman–Crippen MR) is 61.5 cm³/mol. The van der Waals surface area contributed by atoms with Crippen LogP contribution in [0.5, 0.6) is 0 Å².